The molecule has 1 fully saturated rings. The van der Waals surface area contributed by atoms with Gasteiger partial charge in [0, 0.05) is 18.3 Å². The Bertz CT molecular complexity index is 306. The second-order valence-corrected chi connectivity index (χ2v) is 4.49. The standard InChI is InChI=1S/C10H13BrN2O/c11-9-3-2-8(6-13-9)10(14)4-1-5-12-7-10/h2-3,6,12,14H,1,4-5,7H2. The third-order valence-corrected chi connectivity index (χ3v) is 3.10. The van der Waals surface area contributed by atoms with Gasteiger partial charge in [-0.2, -0.15) is 0 Å². The number of aromatic nitrogens is 1. The summed E-state index contributed by atoms with van der Waals surface area (Å²) in [6.45, 7) is 1.61. The lowest BCUT2D eigenvalue weighted by atomic mass is 9.88. The fraction of sp³-hybridized carbons (Fsp3) is 0.500. The van der Waals surface area contributed by atoms with Gasteiger partial charge < -0.3 is 10.4 Å². The Morgan fingerprint density at radius 2 is 2.36 bits per heavy atom. The molecule has 1 unspecified atom stereocenters. The normalized spacial score (nSPS) is 27.6. The lowest BCUT2D eigenvalue weighted by Crippen LogP contribution is -2.43. The molecule has 0 aliphatic carbocycles. The number of β-amino-alcohol motifs (C(OH)–C–C–N with tert-alkyl or cyclic N) is 1. The molecule has 0 saturated carbocycles. The van der Waals surface area contributed by atoms with Crippen molar-refractivity contribution in [3.05, 3.63) is 28.5 Å². The topological polar surface area (TPSA) is 45.2 Å². The maximum Gasteiger partial charge on any atom is 0.106 e. The van der Waals surface area contributed by atoms with Crippen molar-refractivity contribution in [2.75, 3.05) is 13.1 Å². The molecule has 0 amide bonds. The lowest BCUT2D eigenvalue weighted by Gasteiger charge is -2.32. The minimum Gasteiger partial charge on any atom is -0.384 e. The number of rotatable bonds is 1. The Morgan fingerprint density at radius 1 is 1.50 bits per heavy atom. The van der Waals surface area contributed by atoms with Crippen molar-refractivity contribution < 1.29 is 5.11 Å². The van der Waals surface area contributed by atoms with Gasteiger partial charge in [0.1, 0.15) is 10.2 Å². The van der Waals surface area contributed by atoms with Gasteiger partial charge >= 0.3 is 0 Å². The summed E-state index contributed by atoms with van der Waals surface area (Å²) in [6.07, 6.45) is 3.55. The molecule has 1 aliphatic heterocycles. The summed E-state index contributed by atoms with van der Waals surface area (Å²) in [5.41, 5.74) is 0.166. The highest BCUT2D eigenvalue weighted by atomic mass is 79.9. The average Bonchev–Trinajstić information content (AvgIpc) is 2.19. The van der Waals surface area contributed by atoms with Crippen LogP contribution in [0, 0.1) is 0 Å². The number of nitrogens with zero attached hydrogens (tertiary/aromatic N) is 1. The van der Waals surface area contributed by atoms with E-state index in [4.69, 9.17) is 0 Å². The van der Waals surface area contributed by atoms with Crippen LogP contribution in [0.5, 0.6) is 0 Å². The number of aliphatic hydroxyl groups is 1. The van der Waals surface area contributed by atoms with Crippen LogP contribution in [0.15, 0.2) is 22.9 Å². The first-order valence-corrected chi connectivity index (χ1v) is 5.55. The Hall–Kier alpha value is -0.450. The number of halogens is 1. The van der Waals surface area contributed by atoms with Crippen LogP contribution >= 0.6 is 15.9 Å². The average molecular weight is 257 g/mol. The summed E-state index contributed by atoms with van der Waals surface area (Å²) in [6, 6.07) is 3.78. The number of piperidine rings is 1. The van der Waals surface area contributed by atoms with Crippen LogP contribution in [0.3, 0.4) is 0 Å². The third kappa shape index (κ3) is 1.97. The first kappa shape index (κ1) is 10.1. The van der Waals surface area contributed by atoms with Crippen molar-refractivity contribution in [1.82, 2.24) is 10.3 Å². The minimum absolute atomic E-state index is 0.621. The molecule has 1 saturated heterocycles. The monoisotopic (exact) mass is 256 g/mol. The van der Waals surface area contributed by atoms with Crippen molar-refractivity contribution in [1.29, 1.82) is 0 Å². The quantitative estimate of drug-likeness (QED) is 0.748. The first-order chi connectivity index (χ1) is 6.71. The highest BCUT2D eigenvalue weighted by Crippen LogP contribution is 2.27. The maximum absolute atomic E-state index is 10.3. The zero-order valence-corrected chi connectivity index (χ0v) is 9.42. The first-order valence-electron chi connectivity index (χ1n) is 4.76. The van der Waals surface area contributed by atoms with E-state index in [2.05, 4.69) is 26.2 Å². The Labute approximate surface area is 91.7 Å². The zero-order valence-electron chi connectivity index (χ0n) is 7.83. The molecule has 0 radical (unpaired) electrons. The van der Waals surface area contributed by atoms with Crippen LogP contribution in [0.4, 0.5) is 0 Å². The summed E-state index contributed by atoms with van der Waals surface area (Å²) in [4.78, 5) is 4.13. The molecule has 0 aromatic carbocycles. The van der Waals surface area contributed by atoms with Gasteiger partial charge in [-0.05, 0) is 41.4 Å². The minimum atomic E-state index is -0.730. The van der Waals surface area contributed by atoms with Crippen LogP contribution in [0.2, 0.25) is 0 Å². The lowest BCUT2D eigenvalue weighted by molar-refractivity contribution is 0.0120. The number of nitrogens with one attached hydrogen (secondary N) is 1. The van der Waals surface area contributed by atoms with E-state index in [0.29, 0.717) is 6.54 Å². The van der Waals surface area contributed by atoms with Crippen LogP contribution in [-0.2, 0) is 5.60 Å². The molecule has 2 heterocycles. The SMILES string of the molecule is OC1(c2ccc(Br)nc2)CCCNC1. The highest BCUT2D eigenvalue weighted by molar-refractivity contribution is 9.10. The van der Waals surface area contributed by atoms with Crippen LogP contribution in [0.25, 0.3) is 0 Å². The molecule has 2 rings (SSSR count). The Kier molecular flexibility index (Phi) is 2.85. The molecule has 4 heteroatoms. The Balaban J connectivity index is 2.23. The zero-order chi connectivity index (χ0) is 10.0. The van der Waals surface area contributed by atoms with Gasteiger partial charge in [-0.25, -0.2) is 4.98 Å². The molecule has 14 heavy (non-hydrogen) atoms. The molecule has 2 N–H and O–H groups in total. The van der Waals surface area contributed by atoms with Gasteiger partial charge in [-0.1, -0.05) is 6.07 Å². The predicted octanol–water partition coefficient (Wildman–Crippen LogP) is 1.42. The second kappa shape index (κ2) is 3.96. The van der Waals surface area contributed by atoms with Gasteiger partial charge in [-0.15, -0.1) is 0 Å². The van der Waals surface area contributed by atoms with Crippen LogP contribution in [-0.4, -0.2) is 23.2 Å². The van der Waals surface area contributed by atoms with E-state index in [-0.39, 0.29) is 0 Å². The van der Waals surface area contributed by atoms with Crippen molar-refractivity contribution in [2.45, 2.75) is 18.4 Å². The van der Waals surface area contributed by atoms with Crippen molar-refractivity contribution in [3.8, 4) is 0 Å². The van der Waals surface area contributed by atoms with Crippen LogP contribution in [0.1, 0.15) is 18.4 Å². The molecule has 0 spiro atoms. The van der Waals surface area contributed by atoms with E-state index < -0.39 is 5.60 Å². The molecule has 1 aromatic rings. The molecule has 1 atom stereocenters. The summed E-state index contributed by atoms with van der Waals surface area (Å²) >= 11 is 3.28. The Morgan fingerprint density at radius 3 is 2.93 bits per heavy atom. The fourth-order valence-electron chi connectivity index (χ4n) is 1.79. The molecule has 0 bridgehead atoms. The fourth-order valence-corrected chi connectivity index (χ4v) is 2.02. The van der Waals surface area contributed by atoms with E-state index in [1.165, 1.54) is 0 Å². The smallest absolute Gasteiger partial charge is 0.106 e. The number of hydrogen-bond acceptors (Lipinski definition) is 3. The molecular weight excluding hydrogens is 244 g/mol. The molecule has 1 aliphatic rings. The number of pyridine rings is 1. The van der Waals surface area contributed by atoms with E-state index in [9.17, 15) is 5.11 Å². The molecular formula is C10H13BrN2O. The maximum atomic E-state index is 10.3. The summed E-state index contributed by atoms with van der Waals surface area (Å²) in [5, 5.41) is 13.5. The van der Waals surface area contributed by atoms with Crippen molar-refractivity contribution in [2.24, 2.45) is 0 Å². The van der Waals surface area contributed by atoms with E-state index in [0.717, 1.165) is 29.6 Å². The van der Waals surface area contributed by atoms with E-state index >= 15 is 0 Å². The highest BCUT2D eigenvalue weighted by Gasteiger charge is 2.31. The van der Waals surface area contributed by atoms with Gasteiger partial charge in [0.05, 0.1) is 0 Å². The van der Waals surface area contributed by atoms with E-state index in [1.54, 1.807) is 6.20 Å². The number of hydrogen-bond donors (Lipinski definition) is 2. The van der Waals surface area contributed by atoms with Gasteiger partial charge in [0.25, 0.3) is 0 Å². The predicted molar refractivity (Wildman–Crippen MR) is 57.9 cm³/mol. The molecule has 76 valence electrons. The summed E-state index contributed by atoms with van der Waals surface area (Å²) in [5.74, 6) is 0. The van der Waals surface area contributed by atoms with Crippen molar-refractivity contribution in [3.63, 3.8) is 0 Å². The second-order valence-electron chi connectivity index (χ2n) is 3.68. The largest absolute Gasteiger partial charge is 0.384 e. The third-order valence-electron chi connectivity index (χ3n) is 2.63. The van der Waals surface area contributed by atoms with Gasteiger partial charge in [-0.3, -0.25) is 0 Å². The van der Waals surface area contributed by atoms with Crippen molar-refractivity contribution >= 4 is 15.9 Å². The van der Waals surface area contributed by atoms with E-state index in [1.807, 2.05) is 12.1 Å². The molecule has 3 nitrogen and oxygen atoms in total. The van der Waals surface area contributed by atoms with Crippen LogP contribution < -0.4 is 5.32 Å². The summed E-state index contributed by atoms with van der Waals surface area (Å²) < 4.78 is 0.800. The van der Waals surface area contributed by atoms with Gasteiger partial charge in [0.2, 0.25) is 0 Å². The molecule has 1 aromatic heterocycles. The van der Waals surface area contributed by atoms with Gasteiger partial charge in [0.15, 0.2) is 0 Å². The summed E-state index contributed by atoms with van der Waals surface area (Å²) in [7, 11) is 0.